The van der Waals surface area contributed by atoms with Crippen LogP contribution in [0.15, 0.2) is 0 Å². The highest BCUT2D eigenvalue weighted by atomic mass is 16.6. The molecule has 0 bridgehead atoms. The van der Waals surface area contributed by atoms with Crippen LogP contribution in [0.25, 0.3) is 0 Å². The number of esters is 2. The minimum Gasteiger partial charge on any atom is -0.480 e. The largest absolute Gasteiger partial charge is 0.480 e. The number of ether oxygens (including phenoxy) is 2. The van der Waals surface area contributed by atoms with E-state index in [1.54, 1.807) is 13.8 Å². The quantitative estimate of drug-likeness (QED) is 0.310. The van der Waals surface area contributed by atoms with Gasteiger partial charge in [-0.3, -0.25) is 19.2 Å². The third-order valence-electron chi connectivity index (χ3n) is 3.77. The molecule has 0 aliphatic heterocycles. The fourth-order valence-electron chi connectivity index (χ4n) is 2.13. The Hall–Kier alpha value is -3.88. The molecule has 30 heavy (non-hydrogen) atoms. The molecule has 0 saturated heterocycles. The van der Waals surface area contributed by atoms with Crippen molar-refractivity contribution >= 4 is 23.9 Å². The Bertz CT molecular complexity index is 727. The molecule has 0 rings (SSSR count). The molecule has 160 valence electrons. The van der Waals surface area contributed by atoms with Crippen molar-refractivity contribution in [1.29, 1.82) is 0 Å². The Labute approximate surface area is 176 Å². The van der Waals surface area contributed by atoms with E-state index >= 15 is 0 Å². The van der Waals surface area contributed by atoms with Gasteiger partial charge in [-0.2, -0.15) is 0 Å². The van der Waals surface area contributed by atoms with Crippen LogP contribution in [0.5, 0.6) is 0 Å². The van der Waals surface area contributed by atoms with Crippen molar-refractivity contribution in [2.24, 2.45) is 10.8 Å². The molecule has 2 N–H and O–H groups in total. The highest BCUT2D eigenvalue weighted by Crippen LogP contribution is 2.30. The standard InChI is InChI=1S/C13H16O4.C9H8O4/c1-5-9-13(10-6-2,11(14)16-7-3)12(15)17-8-4;1-3-5-9(6-4-2,7(10)11)8(12)13/h1-2H,7-10H2,3-4H3;1-2H,5-6H2,(H,10,11)(H,12,13). The second-order valence-electron chi connectivity index (χ2n) is 5.74. The molecule has 0 atom stereocenters. The molecule has 0 aliphatic rings. The molecular weight excluding hydrogens is 392 g/mol. The van der Waals surface area contributed by atoms with Crippen molar-refractivity contribution in [1.82, 2.24) is 0 Å². The van der Waals surface area contributed by atoms with Crippen molar-refractivity contribution in [3.8, 4) is 49.4 Å². The molecule has 8 heteroatoms. The van der Waals surface area contributed by atoms with Crippen molar-refractivity contribution in [2.75, 3.05) is 13.2 Å². The summed E-state index contributed by atoms with van der Waals surface area (Å²) in [7, 11) is 0. The number of carbonyl (C=O) groups excluding carboxylic acids is 2. The molecular formula is C22H24O8. The van der Waals surface area contributed by atoms with Crippen LogP contribution >= 0.6 is 0 Å². The number of carboxylic acid groups (broad SMARTS) is 2. The predicted octanol–water partition coefficient (Wildman–Crippen LogP) is 1.33. The molecule has 0 radical (unpaired) electrons. The van der Waals surface area contributed by atoms with Gasteiger partial charge in [0.05, 0.1) is 13.2 Å². The number of rotatable bonds is 10. The van der Waals surface area contributed by atoms with Crippen molar-refractivity contribution in [3.05, 3.63) is 0 Å². The second kappa shape index (κ2) is 14.2. The molecule has 0 aromatic rings. The van der Waals surface area contributed by atoms with Crippen LogP contribution in [-0.2, 0) is 28.7 Å². The average molecular weight is 416 g/mol. The van der Waals surface area contributed by atoms with Gasteiger partial charge in [-0.05, 0) is 13.8 Å². The first-order valence-corrected chi connectivity index (χ1v) is 8.65. The lowest BCUT2D eigenvalue weighted by Crippen LogP contribution is -2.41. The zero-order valence-corrected chi connectivity index (χ0v) is 16.9. The minimum atomic E-state index is -2.04. The lowest BCUT2D eigenvalue weighted by molar-refractivity contribution is -0.171. The number of carboxylic acids is 2. The Morgan fingerprint density at radius 2 is 0.933 bits per heavy atom. The van der Waals surface area contributed by atoms with Gasteiger partial charge in [-0.1, -0.05) is 0 Å². The zero-order chi connectivity index (χ0) is 23.8. The Kier molecular flexibility index (Phi) is 13.4. The smallest absolute Gasteiger partial charge is 0.325 e. The maximum Gasteiger partial charge on any atom is 0.325 e. The number of aliphatic carboxylic acids is 2. The van der Waals surface area contributed by atoms with Crippen LogP contribution in [0.3, 0.4) is 0 Å². The van der Waals surface area contributed by atoms with Gasteiger partial charge in [0.2, 0.25) is 0 Å². The van der Waals surface area contributed by atoms with Gasteiger partial charge in [0, 0.05) is 25.7 Å². The second-order valence-corrected chi connectivity index (χ2v) is 5.74. The predicted molar refractivity (Wildman–Crippen MR) is 107 cm³/mol. The summed E-state index contributed by atoms with van der Waals surface area (Å²) in [4.78, 5) is 45.0. The molecule has 0 unspecified atom stereocenters. The summed E-state index contributed by atoms with van der Waals surface area (Å²) < 4.78 is 9.70. The van der Waals surface area contributed by atoms with Crippen LogP contribution < -0.4 is 0 Å². The maximum absolute atomic E-state index is 11.8. The van der Waals surface area contributed by atoms with Gasteiger partial charge >= 0.3 is 23.9 Å². The van der Waals surface area contributed by atoms with Crippen molar-refractivity contribution < 1.29 is 38.9 Å². The first-order valence-electron chi connectivity index (χ1n) is 8.65. The molecule has 8 nitrogen and oxygen atoms in total. The molecule has 0 aromatic carbocycles. The van der Waals surface area contributed by atoms with E-state index in [0.29, 0.717) is 0 Å². The van der Waals surface area contributed by atoms with E-state index < -0.39 is 47.5 Å². The number of hydrogen-bond donors (Lipinski definition) is 2. The first-order chi connectivity index (χ1) is 14.1. The normalized spacial score (nSPS) is 9.80. The van der Waals surface area contributed by atoms with Gasteiger partial charge in [-0.25, -0.2) is 0 Å². The van der Waals surface area contributed by atoms with Gasteiger partial charge in [0.15, 0.2) is 10.8 Å². The van der Waals surface area contributed by atoms with Gasteiger partial charge in [0.1, 0.15) is 0 Å². The molecule has 0 saturated carbocycles. The SMILES string of the molecule is C#CCC(CC#C)(C(=O)O)C(=O)O.C#CCC(CC#C)(C(=O)OCC)C(=O)OCC. The highest BCUT2D eigenvalue weighted by molar-refractivity contribution is 6.01. The van der Waals surface area contributed by atoms with Gasteiger partial charge in [0.25, 0.3) is 0 Å². The van der Waals surface area contributed by atoms with E-state index in [1.807, 2.05) is 11.8 Å². The summed E-state index contributed by atoms with van der Waals surface area (Å²) >= 11 is 0. The summed E-state index contributed by atoms with van der Waals surface area (Å²) in [6, 6.07) is 0. The zero-order valence-electron chi connectivity index (χ0n) is 16.9. The summed E-state index contributed by atoms with van der Waals surface area (Å²) in [6.07, 6.45) is 19.0. The van der Waals surface area contributed by atoms with Gasteiger partial charge in [-0.15, -0.1) is 49.4 Å². The van der Waals surface area contributed by atoms with Crippen LogP contribution in [-0.4, -0.2) is 47.3 Å². The number of terminal acetylenes is 4. The summed E-state index contributed by atoms with van der Waals surface area (Å²) in [5.74, 6) is 4.08. The Morgan fingerprint density at radius 3 is 1.13 bits per heavy atom. The molecule has 0 amide bonds. The van der Waals surface area contributed by atoms with Crippen LogP contribution in [0.2, 0.25) is 0 Å². The van der Waals surface area contributed by atoms with Crippen molar-refractivity contribution in [2.45, 2.75) is 39.5 Å². The van der Waals surface area contributed by atoms with Crippen LogP contribution in [0.1, 0.15) is 39.5 Å². The van der Waals surface area contributed by atoms with E-state index in [2.05, 4.69) is 11.8 Å². The van der Waals surface area contributed by atoms with Crippen LogP contribution in [0, 0.1) is 60.2 Å². The number of hydrogen-bond acceptors (Lipinski definition) is 6. The molecule has 0 heterocycles. The number of carbonyl (C=O) groups is 4. The highest BCUT2D eigenvalue weighted by Gasteiger charge is 2.48. The average Bonchev–Trinajstić information content (AvgIpc) is 2.67. The minimum absolute atomic E-state index is 0.130. The molecule has 0 aliphatic carbocycles. The lowest BCUT2D eigenvalue weighted by Gasteiger charge is -2.25. The van der Waals surface area contributed by atoms with Crippen molar-refractivity contribution in [3.63, 3.8) is 0 Å². The fraction of sp³-hybridized carbons (Fsp3) is 0.455. The summed E-state index contributed by atoms with van der Waals surface area (Å²) in [6.45, 7) is 3.57. The first kappa shape index (κ1) is 28.3. The Morgan fingerprint density at radius 1 is 0.667 bits per heavy atom. The summed E-state index contributed by atoms with van der Waals surface area (Å²) in [5, 5.41) is 17.4. The molecule has 0 fully saturated rings. The monoisotopic (exact) mass is 416 g/mol. The van der Waals surface area contributed by atoms with E-state index in [-0.39, 0.29) is 26.1 Å². The Balaban J connectivity index is 0. The topological polar surface area (TPSA) is 127 Å². The van der Waals surface area contributed by atoms with E-state index in [0.717, 1.165) is 0 Å². The summed E-state index contributed by atoms with van der Waals surface area (Å²) in [5.41, 5.74) is -3.61. The van der Waals surface area contributed by atoms with E-state index in [4.69, 9.17) is 45.4 Å². The molecule has 0 spiro atoms. The fourth-order valence-corrected chi connectivity index (χ4v) is 2.13. The third-order valence-corrected chi connectivity index (χ3v) is 3.77. The third kappa shape index (κ3) is 7.27. The van der Waals surface area contributed by atoms with Crippen LogP contribution in [0.4, 0.5) is 0 Å². The van der Waals surface area contributed by atoms with Gasteiger partial charge < -0.3 is 19.7 Å². The molecule has 0 aromatic heterocycles. The maximum atomic E-state index is 11.8. The lowest BCUT2D eigenvalue weighted by atomic mass is 9.81. The van der Waals surface area contributed by atoms with E-state index in [9.17, 15) is 19.2 Å². The van der Waals surface area contributed by atoms with E-state index in [1.165, 1.54) is 0 Å².